The van der Waals surface area contributed by atoms with Crippen LogP contribution in [0.3, 0.4) is 0 Å². The average Bonchev–Trinajstić information content (AvgIpc) is 2.55. The summed E-state index contributed by atoms with van der Waals surface area (Å²) in [5, 5.41) is 13.9. The largest absolute Gasteiger partial charge is 0.465 e. The molecule has 2 aromatic carbocycles. The fourth-order valence-corrected chi connectivity index (χ4v) is 1.93. The summed E-state index contributed by atoms with van der Waals surface area (Å²) in [4.78, 5) is 22.4. The van der Waals surface area contributed by atoms with Crippen LogP contribution in [0.4, 0.5) is 15.8 Å². The zero-order valence-electron chi connectivity index (χ0n) is 12.3. The molecule has 0 saturated carbocycles. The van der Waals surface area contributed by atoms with Crippen molar-refractivity contribution in [3.8, 4) is 11.5 Å². The van der Waals surface area contributed by atoms with Gasteiger partial charge in [-0.2, -0.15) is 0 Å². The van der Waals surface area contributed by atoms with E-state index in [1.165, 1.54) is 38.4 Å². The van der Waals surface area contributed by atoms with Gasteiger partial charge in [-0.15, -0.1) is 0 Å². The Balaban J connectivity index is 2.55. The molecule has 2 rings (SSSR count). The zero-order chi connectivity index (χ0) is 17.0. The van der Waals surface area contributed by atoms with Gasteiger partial charge < -0.3 is 14.8 Å². The minimum Gasteiger partial charge on any atom is -0.465 e. The predicted octanol–water partition coefficient (Wildman–Crippen LogP) is 3.35. The molecule has 0 heterocycles. The summed E-state index contributed by atoms with van der Waals surface area (Å²) in [5.41, 5.74) is -0.168. The van der Waals surface area contributed by atoms with Crippen molar-refractivity contribution < 1.29 is 23.6 Å². The van der Waals surface area contributed by atoms with Gasteiger partial charge in [0, 0.05) is 13.1 Å². The Kier molecular flexibility index (Phi) is 4.75. The van der Waals surface area contributed by atoms with Crippen LogP contribution in [0.5, 0.6) is 11.5 Å². The van der Waals surface area contributed by atoms with Crippen LogP contribution in [0, 0.1) is 15.9 Å². The smallest absolute Gasteiger partial charge is 0.338 e. The molecule has 0 aromatic heterocycles. The molecule has 0 aliphatic rings. The van der Waals surface area contributed by atoms with E-state index in [2.05, 4.69) is 10.1 Å². The molecule has 0 aliphatic heterocycles. The molecule has 0 aliphatic carbocycles. The maximum atomic E-state index is 12.9. The lowest BCUT2D eigenvalue weighted by Crippen LogP contribution is -2.06. The highest BCUT2D eigenvalue weighted by molar-refractivity contribution is 5.93. The van der Waals surface area contributed by atoms with Gasteiger partial charge in [0.15, 0.2) is 0 Å². The number of nitro groups is 1. The number of hydrogen-bond donors (Lipinski definition) is 1. The molecule has 0 fully saturated rings. The minimum atomic E-state index is -0.666. The number of benzene rings is 2. The zero-order valence-corrected chi connectivity index (χ0v) is 12.3. The number of halogens is 1. The molecular formula is C15H13FN2O5. The van der Waals surface area contributed by atoms with E-state index in [-0.39, 0.29) is 28.4 Å². The second-order valence-corrected chi connectivity index (χ2v) is 4.43. The first-order chi connectivity index (χ1) is 11.0. The fourth-order valence-electron chi connectivity index (χ4n) is 1.93. The highest BCUT2D eigenvalue weighted by Gasteiger charge is 2.25. The quantitative estimate of drug-likeness (QED) is 0.516. The van der Waals surface area contributed by atoms with Crippen LogP contribution in [0.1, 0.15) is 10.4 Å². The Labute approximate surface area is 130 Å². The van der Waals surface area contributed by atoms with E-state index in [1.807, 2.05) is 0 Å². The molecular weight excluding hydrogens is 307 g/mol. The lowest BCUT2D eigenvalue weighted by molar-refractivity contribution is -0.384. The molecule has 0 spiro atoms. The number of methoxy groups -OCH3 is 1. The van der Waals surface area contributed by atoms with Crippen molar-refractivity contribution >= 4 is 17.3 Å². The highest BCUT2D eigenvalue weighted by Crippen LogP contribution is 2.39. The van der Waals surface area contributed by atoms with E-state index in [4.69, 9.17) is 4.74 Å². The van der Waals surface area contributed by atoms with Gasteiger partial charge in [0.05, 0.1) is 17.6 Å². The second kappa shape index (κ2) is 6.73. The Morgan fingerprint density at radius 2 is 1.91 bits per heavy atom. The Morgan fingerprint density at radius 1 is 1.26 bits per heavy atom. The molecule has 8 heteroatoms. The van der Waals surface area contributed by atoms with Crippen molar-refractivity contribution in [1.29, 1.82) is 0 Å². The van der Waals surface area contributed by atoms with E-state index in [0.29, 0.717) is 0 Å². The number of carbonyl (C=O) groups excluding carboxylic acids is 1. The summed E-state index contributed by atoms with van der Waals surface area (Å²) < 4.78 is 23.0. The summed E-state index contributed by atoms with van der Waals surface area (Å²) in [6.07, 6.45) is 0. The van der Waals surface area contributed by atoms with Crippen molar-refractivity contribution in [1.82, 2.24) is 0 Å². The molecule has 1 N–H and O–H groups in total. The first-order valence-electron chi connectivity index (χ1n) is 6.48. The van der Waals surface area contributed by atoms with Gasteiger partial charge in [-0.3, -0.25) is 10.1 Å². The number of carbonyl (C=O) groups is 1. The van der Waals surface area contributed by atoms with Crippen molar-refractivity contribution in [3.05, 3.63) is 57.9 Å². The van der Waals surface area contributed by atoms with Gasteiger partial charge in [-0.05, 0) is 30.3 Å². The Bertz CT molecular complexity index is 746. The van der Waals surface area contributed by atoms with Crippen molar-refractivity contribution in [2.45, 2.75) is 0 Å². The number of hydrogen-bond acceptors (Lipinski definition) is 6. The fraction of sp³-hybridized carbons (Fsp3) is 0.133. The summed E-state index contributed by atoms with van der Waals surface area (Å²) >= 11 is 0. The summed E-state index contributed by atoms with van der Waals surface area (Å²) in [7, 11) is 2.67. The van der Waals surface area contributed by atoms with Crippen LogP contribution >= 0.6 is 0 Å². The maximum Gasteiger partial charge on any atom is 0.338 e. The predicted molar refractivity (Wildman–Crippen MR) is 80.5 cm³/mol. The van der Waals surface area contributed by atoms with Gasteiger partial charge in [0.25, 0.3) is 0 Å². The van der Waals surface area contributed by atoms with Crippen LogP contribution in [-0.4, -0.2) is 25.1 Å². The van der Waals surface area contributed by atoms with Gasteiger partial charge in [-0.25, -0.2) is 9.18 Å². The second-order valence-electron chi connectivity index (χ2n) is 4.43. The van der Waals surface area contributed by atoms with Gasteiger partial charge in [-0.1, -0.05) is 0 Å². The molecule has 120 valence electrons. The average molecular weight is 320 g/mol. The number of nitro benzene ring substituents is 1. The molecule has 2 aromatic rings. The number of esters is 1. The van der Waals surface area contributed by atoms with Gasteiger partial charge >= 0.3 is 11.7 Å². The molecule has 7 nitrogen and oxygen atoms in total. The van der Waals surface area contributed by atoms with E-state index in [9.17, 15) is 19.3 Å². The normalized spacial score (nSPS) is 10.0. The number of anilines is 1. The number of ether oxygens (including phenoxy) is 2. The topological polar surface area (TPSA) is 90.7 Å². The standard InChI is InChI=1S/C15H13FN2O5/c1-17-12-7-9(15(19)22-2)8-13(14(12)18(20)21)23-11-5-3-10(16)4-6-11/h3-8,17H,1-2H3. The van der Waals surface area contributed by atoms with E-state index in [1.54, 1.807) is 0 Å². The molecule has 0 saturated heterocycles. The monoisotopic (exact) mass is 320 g/mol. The first-order valence-corrected chi connectivity index (χ1v) is 6.48. The first kappa shape index (κ1) is 16.2. The third-order valence-corrected chi connectivity index (χ3v) is 2.99. The van der Waals surface area contributed by atoms with Crippen LogP contribution in [0.2, 0.25) is 0 Å². The number of nitrogens with zero attached hydrogens (tertiary/aromatic N) is 1. The summed E-state index contributed by atoms with van der Waals surface area (Å²) in [6, 6.07) is 7.45. The maximum absolute atomic E-state index is 12.9. The summed E-state index contributed by atoms with van der Waals surface area (Å²) in [6.45, 7) is 0. The third-order valence-electron chi connectivity index (χ3n) is 2.99. The molecule has 0 amide bonds. The van der Waals surface area contributed by atoms with Crippen molar-refractivity contribution in [2.24, 2.45) is 0 Å². The van der Waals surface area contributed by atoms with Crippen LogP contribution in [0.25, 0.3) is 0 Å². The van der Waals surface area contributed by atoms with Gasteiger partial charge in [0.2, 0.25) is 5.75 Å². The minimum absolute atomic E-state index is 0.0829. The molecule has 23 heavy (non-hydrogen) atoms. The SMILES string of the molecule is CNc1cc(C(=O)OC)cc(Oc2ccc(F)cc2)c1[N+](=O)[O-]. The van der Waals surface area contributed by atoms with Gasteiger partial charge in [0.1, 0.15) is 17.3 Å². The Morgan fingerprint density at radius 3 is 2.43 bits per heavy atom. The van der Waals surface area contributed by atoms with E-state index in [0.717, 1.165) is 12.1 Å². The molecule has 0 unspecified atom stereocenters. The van der Waals surface area contributed by atoms with E-state index < -0.39 is 16.7 Å². The number of rotatable bonds is 5. The lowest BCUT2D eigenvalue weighted by Gasteiger charge is -2.11. The number of nitrogens with one attached hydrogen (secondary N) is 1. The highest BCUT2D eigenvalue weighted by atomic mass is 19.1. The molecule has 0 atom stereocenters. The lowest BCUT2D eigenvalue weighted by atomic mass is 10.1. The van der Waals surface area contributed by atoms with Crippen LogP contribution in [-0.2, 0) is 4.74 Å². The van der Waals surface area contributed by atoms with Crippen molar-refractivity contribution in [2.75, 3.05) is 19.5 Å². The molecule has 0 bridgehead atoms. The van der Waals surface area contributed by atoms with Crippen LogP contribution < -0.4 is 10.1 Å². The van der Waals surface area contributed by atoms with Crippen molar-refractivity contribution in [3.63, 3.8) is 0 Å². The Hall–Kier alpha value is -3.16. The van der Waals surface area contributed by atoms with E-state index >= 15 is 0 Å². The molecule has 0 radical (unpaired) electrons. The third kappa shape index (κ3) is 3.54. The van der Waals surface area contributed by atoms with Crippen LogP contribution in [0.15, 0.2) is 36.4 Å². The summed E-state index contributed by atoms with van der Waals surface area (Å²) in [5.74, 6) is -1.10.